The third-order valence-corrected chi connectivity index (χ3v) is 7.15. The highest BCUT2D eigenvalue weighted by Crippen LogP contribution is 2.49. The van der Waals surface area contributed by atoms with Crippen molar-refractivity contribution >= 4 is 50.5 Å². The van der Waals surface area contributed by atoms with Crippen molar-refractivity contribution in [3.8, 4) is 0 Å². The molecule has 1 aliphatic rings. The molecule has 0 saturated heterocycles. The molecule has 0 N–H and O–H groups in total. The van der Waals surface area contributed by atoms with Gasteiger partial charge in [-0.15, -0.1) is 11.3 Å². The van der Waals surface area contributed by atoms with Crippen molar-refractivity contribution in [2.75, 3.05) is 0 Å². The summed E-state index contributed by atoms with van der Waals surface area (Å²) < 4.78 is 1.62. The smallest absolute Gasteiger partial charge is 0.0987 e. The minimum atomic E-state index is 0.352. The van der Waals surface area contributed by atoms with Gasteiger partial charge in [0.2, 0.25) is 0 Å². The van der Waals surface area contributed by atoms with E-state index in [4.69, 9.17) is 23.2 Å². The van der Waals surface area contributed by atoms with Crippen LogP contribution in [0.2, 0.25) is 8.67 Å². The molecule has 2 rings (SSSR count). The van der Waals surface area contributed by atoms with Crippen molar-refractivity contribution in [1.29, 1.82) is 0 Å². The number of hydrogen-bond donors (Lipinski definition) is 0. The van der Waals surface area contributed by atoms with Gasteiger partial charge in [0.25, 0.3) is 0 Å². The van der Waals surface area contributed by atoms with Crippen molar-refractivity contribution in [3.63, 3.8) is 0 Å². The Labute approximate surface area is 139 Å². The van der Waals surface area contributed by atoms with Crippen LogP contribution in [-0.4, -0.2) is 0 Å². The van der Waals surface area contributed by atoms with Crippen molar-refractivity contribution < 1.29 is 0 Å². The average molecular weight is 384 g/mol. The zero-order chi connectivity index (χ0) is 14.2. The van der Waals surface area contributed by atoms with Crippen LogP contribution in [-0.2, 0) is 0 Å². The summed E-state index contributed by atoms with van der Waals surface area (Å²) in [5.74, 6) is 1.53. The van der Waals surface area contributed by atoms with Crippen LogP contribution in [0.15, 0.2) is 6.07 Å². The highest BCUT2D eigenvalue weighted by atomic mass is 79.9. The monoisotopic (exact) mass is 382 g/mol. The Balaban J connectivity index is 2.00. The van der Waals surface area contributed by atoms with Gasteiger partial charge in [-0.05, 0) is 54.6 Å². The summed E-state index contributed by atoms with van der Waals surface area (Å²) in [7, 11) is 0. The maximum absolute atomic E-state index is 6.26. The lowest BCUT2D eigenvalue weighted by molar-refractivity contribution is 0.149. The van der Waals surface area contributed by atoms with E-state index in [2.05, 4.69) is 36.7 Å². The second-order valence-electron chi connectivity index (χ2n) is 6.66. The summed E-state index contributed by atoms with van der Waals surface area (Å²) in [6, 6.07) is 2.02. The van der Waals surface area contributed by atoms with Gasteiger partial charge in [-0.1, -0.05) is 59.9 Å². The maximum atomic E-state index is 6.26. The first-order valence-electron chi connectivity index (χ1n) is 6.88. The molecule has 1 unspecified atom stereocenters. The predicted molar refractivity (Wildman–Crippen MR) is 90.9 cm³/mol. The molecule has 1 heterocycles. The summed E-state index contributed by atoms with van der Waals surface area (Å²) in [6.07, 6.45) is 5.21. The molecule has 0 bridgehead atoms. The number of alkyl halides is 1. The minimum absolute atomic E-state index is 0.352. The van der Waals surface area contributed by atoms with E-state index >= 15 is 0 Å². The van der Waals surface area contributed by atoms with Gasteiger partial charge < -0.3 is 0 Å². The van der Waals surface area contributed by atoms with E-state index in [1.54, 1.807) is 0 Å². The van der Waals surface area contributed by atoms with Crippen LogP contribution in [0.5, 0.6) is 0 Å². The maximum Gasteiger partial charge on any atom is 0.0987 e. The van der Waals surface area contributed by atoms with E-state index in [1.807, 2.05) is 6.07 Å². The molecular formula is C15H21BrCl2S. The number of halogens is 3. The molecule has 4 heteroatoms. The Morgan fingerprint density at radius 3 is 2.21 bits per heavy atom. The first-order chi connectivity index (χ1) is 8.79. The third-order valence-electron chi connectivity index (χ3n) is 4.39. The molecular weight excluding hydrogens is 363 g/mol. The van der Waals surface area contributed by atoms with Gasteiger partial charge in [0.1, 0.15) is 0 Å². The Morgan fingerprint density at radius 2 is 1.79 bits per heavy atom. The fourth-order valence-electron chi connectivity index (χ4n) is 3.07. The Bertz CT molecular complexity index is 428. The summed E-state index contributed by atoms with van der Waals surface area (Å²) in [4.78, 5) is 0.352. The van der Waals surface area contributed by atoms with E-state index in [-0.39, 0.29) is 0 Å². The minimum Gasteiger partial charge on any atom is -0.111 e. The average Bonchev–Trinajstić information content (AvgIpc) is 2.66. The van der Waals surface area contributed by atoms with Crippen LogP contribution < -0.4 is 0 Å². The SMILES string of the molecule is CC(C)(C)C1CCC(C(Br)c2cc(Cl)sc2Cl)CC1. The molecule has 1 fully saturated rings. The van der Waals surface area contributed by atoms with E-state index in [1.165, 1.54) is 42.6 Å². The molecule has 1 saturated carbocycles. The van der Waals surface area contributed by atoms with Crippen molar-refractivity contribution in [3.05, 3.63) is 20.3 Å². The quantitative estimate of drug-likeness (QED) is 0.468. The molecule has 108 valence electrons. The van der Waals surface area contributed by atoms with Gasteiger partial charge in [0.15, 0.2) is 0 Å². The lowest BCUT2D eigenvalue weighted by Crippen LogP contribution is -2.27. The normalized spacial score (nSPS) is 26.4. The summed E-state index contributed by atoms with van der Waals surface area (Å²) >= 11 is 17.6. The fourth-order valence-corrected chi connectivity index (χ4v) is 5.80. The summed E-state index contributed by atoms with van der Waals surface area (Å²) in [6.45, 7) is 7.08. The van der Waals surface area contributed by atoms with Crippen molar-refractivity contribution in [2.24, 2.45) is 17.3 Å². The van der Waals surface area contributed by atoms with E-state index in [0.717, 1.165) is 14.6 Å². The first-order valence-corrected chi connectivity index (χ1v) is 9.36. The predicted octanol–water partition coefficient (Wildman–Crippen LogP) is 7.34. The van der Waals surface area contributed by atoms with Crippen molar-refractivity contribution in [1.82, 2.24) is 0 Å². The lowest BCUT2D eigenvalue weighted by atomic mass is 9.69. The number of hydrogen-bond acceptors (Lipinski definition) is 1. The summed E-state index contributed by atoms with van der Waals surface area (Å²) in [5, 5.41) is 0. The van der Waals surface area contributed by atoms with Crippen LogP contribution >= 0.6 is 50.5 Å². The molecule has 1 aliphatic carbocycles. The molecule has 0 amide bonds. The van der Waals surface area contributed by atoms with Gasteiger partial charge in [-0.25, -0.2) is 0 Å². The molecule has 1 aromatic rings. The standard InChI is InChI=1S/C15H21BrCl2S/c1-15(2,3)10-6-4-9(5-7-10)13(16)11-8-12(17)19-14(11)18/h8-10,13H,4-7H2,1-3H3. The topological polar surface area (TPSA) is 0 Å². The Hall–Kier alpha value is 0.760. The summed E-state index contributed by atoms with van der Waals surface area (Å²) in [5.41, 5.74) is 1.62. The number of rotatable bonds is 2. The van der Waals surface area contributed by atoms with Crippen LogP contribution in [0, 0.1) is 17.3 Å². The molecule has 0 aliphatic heterocycles. The van der Waals surface area contributed by atoms with Gasteiger partial charge in [0, 0.05) is 4.83 Å². The molecule has 0 aromatic carbocycles. The molecule has 1 aromatic heterocycles. The molecule has 0 radical (unpaired) electrons. The van der Waals surface area contributed by atoms with Gasteiger partial charge in [-0.2, -0.15) is 0 Å². The van der Waals surface area contributed by atoms with E-state index < -0.39 is 0 Å². The fraction of sp³-hybridized carbons (Fsp3) is 0.733. The highest BCUT2D eigenvalue weighted by Gasteiger charge is 2.33. The largest absolute Gasteiger partial charge is 0.111 e. The molecule has 0 nitrogen and oxygen atoms in total. The second-order valence-corrected chi connectivity index (χ2v) is 9.93. The van der Waals surface area contributed by atoms with Crippen molar-refractivity contribution in [2.45, 2.75) is 51.3 Å². The Morgan fingerprint density at radius 1 is 1.21 bits per heavy atom. The lowest BCUT2D eigenvalue weighted by Gasteiger charge is -2.38. The van der Waals surface area contributed by atoms with Crippen LogP contribution in [0.1, 0.15) is 56.8 Å². The molecule has 0 spiro atoms. The van der Waals surface area contributed by atoms with E-state index in [0.29, 0.717) is 16.2 Å². The van der Waals surface area contributed by atoms with Gasteiger partial charge in [-0.3, -0.25) is 0 Å². The first kappa shape index (κ1) is 16.1. The highest BCUT2D eigenvalue weighted by molar-refractivity contribution is 9.09. The zero-order valence-electron chi connectivity index (χ0n) is 11.7. The Kier molecular flexibility index (Phi) is 5.31. The van der Waals surface area contributed by atoms with Gasteiger partial charge >= 0.3 is 0 Å². The van der Waals surface area contributed by atoms with Crippen LogP contribution in [0.3, 0.4) is 0 Å². The van der Waals surface area contributed by atoms with Crippen LogP contribution in [0.25, 0.3) is 0 Å². The zero-order valence-corrected chi connectivity index (χ0v) is 15.6. The van der Waals surface area contributed by atoms with Gasteiger partial charge in [0.05, 0.1) is 8.67 Å². The number of thiophene rings is 1. The van der Waals surface area contributed by atoms with Crippen LogP contribution in [0.4, 0.5) is 0 Å². The molecule has 1 atom stereocenters. The van der Waals surface area contributed by atoms with E-state index in [9.17, 15) is 0 Å². The second kappa shape index (κ2) is 6.25. The molecule has 19 heavy (non-hydrogen) atoms. The third kappa shape index (κ3) is 3.90.